The van der Waals surface area contributed by atoms with E-state index in [1.54, 1.807) is 6.20 Å². The maximum Gasteiger partial charge on any atom is 0.153 e. The second-order valence-corrected chi connectivity index (χ2v) is 8.22. The van der Waals surface area contributed by atoms with Gasteiger partial charge in [-0.05, 0) is 38.3 Å². The van der Waals surface area contributed by atoms with Gasteiger partial charge in [0.2, 0.25) is 0 Å². The summed E-state index contributed by atoms with van der Waals surface area (Å²) in [5, 5.41) is 3.41. The summed E-state index contributed by atoms with van der Waals surface area (Å²) in [7, 11) is -2.85. The number of nitrogens with one attached hydrogen (secondary N) is 1. The average Bonchev–Trinajstić information content (AvgIpc) is 2.49. The summed E-state index contributed by atoms with van der Waals surface area (Å²) < 4.78 is 22.9. The number of sulfone groups is 1. The van der Waals surface area contributed by atoms with Crippen molar-refractivity contribution in [2.75, 3.05) is 42.6 Å². The van der Waals surface area contributed by atoms with Gasteiger partial charge in [-0.2, -0.15) is 0 Å². The highest BCUT2D eigenvalue weighted by Crippen LogP contribution is 2.17. The van der Waals surface area contributed by atoms with Gasteiger partial charge in [0.1, 0.15) is 5.82 Å². The molecule has 2 aliphatic rings. The first-order valence-electron chi connectivity index (χ1n) is 7.59. The normalized spacial score (nSPS) is 25.7. The molecule has 1 N–H and O–H groups in total. The minimum absolute atomic E-state index is 0.212. The molecule has 1 unspecified atom stereocenters. The summed E-state index contributed by atoms with van der Waals surface area (Å²) in [6.45, 7) is 3.22. The number of anilines is 1. The summed E-state index contributed by atoms with van der Waals surface area (Å²) in [4.78, 5) is 11.0. The minimum atomic E-state index is -2.85. The summed E-state index contributed by atoms with van der Waals surface area (Å²) in [5.74, 6) is 1.86. The van der Waals surface area contributed by atoms with Crippen LogP contribution in [0.15, 0.2) is 12.4 Å². The van der Waals surface area contributed by atoms with Crippen LogP contribution in [0.1, 0.15) is 18.5 Å². The van der Waals surface area contributed by atoms with E-state index in [0.29, 0.717) is 19.0 Å². The van der Waals surface area contributed by atoms with Crippen LogP contribution in [0.3, 0.4) is 0 Å². The van der Waals surface area contributed by atoms with Gasteiger partial charge in [-0.15, -0.1) is 0 Å². The summed E-state index contributed by atoms with van der Waals surface area (Å²) in [5.41, 5.74) is 1.03. The van der Waals surface area contributed by atoms with E-state index >= 15 is 0 Å². The van der Waals surface area contributed by atoms with Crippen molar-refractivity contribution in [1.82, 2.24) is 15.3 Å². The highest BCUT2D eigenvalue weighted by Gasteiger charge is 2.22. The molecule has 0 radical (unpaired) electrons. The molecule has 6 nitrogen and oxygen atoms in total. The largest absolute Gasteiger partial charge is 0.353 e. The van der Waals surface area contributed by atoms with Crippen LogP contribution in [0.25, 0.3) is 0 Å². The van der Waals surface area contributed by atoms with Crippen molar-refractivity contribution in [2.24, 2.45) is 5.92 Å². The fourth-order valence-electron chi connectivity index (χ4n) is 2.95. The van der Waals surface area contributed by atoms with Crippen LogP contribution in [-0.2, 0) is 16.3 Å². The van der Waals surface area contributed by atoms with E-state index in [9.17, 15) is 8.42 Å². The molecule has 0 spiro atoms. The lowest BCUT2D eigenvalue weighted by Gasteiger charge is -2.27. The zero-order valence-electron chi connectivity index (χ0n) is 12.2. The fourth-order valence-corrected chi connectivity index (χ4v) is 4.15. The third-order valence-corrected chi connectivity index (χ3v) is 5.87. The second-order valence-electron chi connectivity index (χ2n) is 5.92. The molecule has 2 fully saturated rings. The first kappa shape index (κ1) is 14.7. The lowest BCUT2D eigenvalue weighted by Crippen LogP contribution is -2.40. The average molecular weight is 310 g/mol. The van der Waals surface area contributed by atoms with Crippen molar-refractivity contribution in [1.29, 1.82) is 0 Å². The van der Waals surface area contributed by atoms with E-state index < -0.39 is 9.84 Å². The Morgan fingerprint density at radius 1 is 1.24 bits per heavy atom. The number of hydrogen-bond acceptors (Lipinski definition) is 6. The van der Waals surface area contributed by atoms with Crippen molar-refractivity contribution in [3.63, 3.8) is 0 Å². The molecule has 2 aliphatic heterocycles. The van der Waals surface area contributed by atoms with Crippen molar-refractivity contribution in [3.05, 3.63) is 18.1 Å². The molecule has 0 bridgehead atoms. The van der Waals surface area contributed by atoms with Crippen molar-refractivity contribution < 1.29 is 8.42 Å². The predicted molar refractivity (Wildman–Crippen MR) is 82.2 cm³/mol. The molecule has 0 amide bonds. The van der Waals surface area contributed by atoms with E-state index in [2.05, 4.69) is 15.3 Å². The van der Waals surface area contributed by atoms with Gasteiger partial charge in [0.05, 0.1) is 29.6 Å². The minimum Gasteiger partial charge on any atom is -0.353 e. The number of hydrogen-bond donors (Lipinski definition) is 1. The van der Waals surface area contributed by atoms with Gasteiger partial charge < -0.3 is 10.2 Å². The lowest BCUT2D eigenvalue weighted by molar-refractivity contribution is 0.373. The van der Waals surface area contributed by atoms with Gasteiger partial charge in [0, 0.05) is 13.1 Å². The third-order valence-electron chi connectivity index (χ3n) is 4.26. The SMILES string of the molecule is O=S1(=O)CCN(c2cnc(CC3CCCNC3)cn2)CC1. The van der Waals surface area contributed by atoms with Crippen LogP contribution < -0.4 is 10.2 Å². The van der Waals surface area contributed by atoms with Gasteiger partial charge in [0.15, 0.2) is 9.84 Å². The molecule has 2 saturated heterocycles. The molecule has 1 atom stereocenters. The van der Waals surface area contributed by atoms with Crippen LogP contribution >= 0.6 is 0 Å². The zero-order chi connectivity index (χ0) is 14.7. The van der Waals surface area contributed by atoms with Gasteiger partial charge in [-0.3, -0.25) is 4.98 Å². The lowest BCUT2D eigenvalue weighted by atomic mass is 9.95. The van der Waals surface area contributed by atoms with Gasteiger partial charge in [0.25, 0.3) is 0 Å². The molecule has 1 aromatic heterocycles. The Labute approximate surface area is 125 Å². The topological polar surface area (TPSA) is 75.2 Å². The Morgan fingerprint density at radius 2 is 2.05 bits per heavy atom. The number of rotatable bonds is 3. The molecule has 7 heteroatoms. The maximum absolute atomic E-state index is 11.4. The Kier molecular flexibility index (Phi) is 4.40. The van der Waals surface area contributed by atoms with E-state index in [1.807, 2.05) is 11.1 Å². The fraction of sp³-hybridized carbons (Fsp3) is 0.714. The monoisotopic (exact) mass is 310 g/mol. The molecule has 3 heterocycles. The first-order chi connectivity index (χ1) is 10.1. The Hall–Kier alpha value is -1.21. The van der Waals surface area contributed by atoms with Gasteiger partial charge in [-0.25, -0.2) is 13.4 Å². The molecule has 116 valence electrons. The quantitative estimate of drug-likeness (QED) is 0.863. The molecule has 0 saturated carbocycles. The van der Waals surface area contributed by atoms with Gasteiger partial charge >= 0.3 is 0 Å². The van der Waals surface area contributed by atoms with E-state index in [1.165, 1.54) is 12.8 Å². The highest BCUT2D eigenvalue weighted by molar-refractivity contribution is 7.91. The van der Waals surface area contributed by atoms with Crippen LogP contribution in [0.4, 0.5) is 5.82 Å². The standard InChI is InChI=1S/C14H22N4O2S/c19-21(20)6-4-18(5-7-21)14-11-16-13(10-17-14)8-12-2-1-3-15-9-12/h10-12,15H,1-9H2. The highest BCUT2D eigenvalue weighted by atomic mass is 32.2. The van der Waals surface area contributed by atoms with E-state index in [0.717, 1.165) is 31.0 Å². The number of aromatic nitrogens is 2. The van der Waals surface area contributed by atoms with Crippen molar-refractivity contribution in [3.8, 4) is 0 Å². The van der Waals surface area contributed by atoms with Gasteiger partial charge in [-0.1, -0.05) is 0 Å². The maximum atomic E-state index is 11.4. The van der Waals surface area contributed by atoms with Crippen LogP contribution in [0, 0.1) is 5.92 Å². The summed E-state index contributed by atoms with van der Waals surface area (Å²) >= 11 is 0. The smallest absolute Gasteiger partial charge is 0.153 e. The predicted octanol–water partition coefficient (Wildman–Crippen LogP) is 0.254. The number of nitrogens with zero attached hydrogens (tertiary/aromatic N) is 3. The molecular formula is C14H22N4O2S. The molecule has 0 aliphatic carbocycles. The van der Waals surface area contributed by atoms with Crippen LogP contribution in [0.2, 0.25) is 0 Å². The van der Waals surface area contributed by atoms with Crippen molar-refractivity contribution in [2.45, 2.75) is 19.3 Å². The molecule has 21 heavy (non-hydrogen) atoms. The Bertz CT molecular complexity index is 553. The molecule has 0 aromatic carbocycles. The van der Waals surface area contributed by atoms with Crippen LogP contribution in [-0.4, -0.2) is 56.1 Å². The molecular weight excluding hydrogens is 288 g/mol. The molecule has 1 aromatic rings. The first-order valence-corrected chi connectivity index (χ1v) is 9.41. The van der Waals surface area contributed by atoms with E-state index in [-0.39, 0.29) is 11.5 Å². The summed E-state index contributed by atoms with van der Waals surface area (Å²) in [6, 6.07) is 0. The third kappa shape index (κ3) is 3.91. The van der Waals surface area contributed by atoms with Crippen molar-refractivity contribution >= 4 is 15.7 Å². The summed E-state index contributed by atoms with van der Waals surface area (Å²) in [6.07, 6.45) is 7.07. The van der Waals surface area contributed by atoms with Crippen LogP contribution in [0.5, 0.6) is 0 Å². The Balaban J connectivity index is 1.59. The van der Waals surface area contributed by atoms with E-state index in [4.69, 9.17) is 0 Å². The second kappa shape index (κ2) is 6.27. The number of piperidine rings is 1. The Morgan fingerprint density at radius 3 is 2.67 bits per heavy atom. The molecule has 3 rings (SSSR count). The zero-order valence-corrected chi connectivity index (χ0v) is 13.0.